The Morgan fingerprint density at radius 1 is 1.04 bits per heavy atom. The van der Waals surface area contributed by atoms with E-state index in [1.165, 1.54) is 11.3 Å². The molecule has 0 bridgehead atoms. The Balaban J connectivity index is 1.54. The van der Waals surface area contributed by atoms with Crippen LogP contribution in [0.5, 0.6) is 0 Å². The number of rotatable bonds is 8. The van der Waals surface area contributed by atoms with Crippen LogP contribution in [0.2, 0.25) is 0 Å². The Morgan fingerprint density at radius 3 is 2.58 bits per heavy atom. The number of carbonyl (C=O) groups is 2. The standard InChI is InChI=1S/C20H20N2O3S/c23-19(11-4-12-21-20(24)18-10-6-14-26-18)22(15-17-9-5-13-25-17)16-7-2-1-3-8-16/h1-3,5-10,13-14H,4,11-12,15H2,(H,21,24). The fraction of sp³-hybridized carbons (Fsp3) is 0.200. The van der Waals surface area contributed by atoms with Gasteiger partial charge in [0.2, 0.25) is 5.91 Å². The summed E-state index contributed by atoms with van der Waals surface area (Å²) in [5.41, 5.74) is 0.830. The van der Waals surface area contributed by atoms with Gasteiger partial charge in [0.25, 0.3) is 5.91 Å². The number of nitrogens with one attached hydrogen (secondary N) is 1. The number of benzene rings is 1. The number of thiophene rings is 1. The van der Waals surface area contributed by atoms with Crippen molar-refractivity contribution in [2.24, 2.45) is 0 Å². The van der Waals surface area contributed by atoms with Crippen molar-refractivity contribution in [3.8, 4) is 0 Å². The number of amides is 2. The monoisotopic (exact) mass is 368 g/mol. The molecule has 0 aliphatic carbocycles. The number of anilines is 1. The highest BCUT2D eigenvalue weighted by atomic mass is 32.1. The Morgan fingerprint density at radius 2 is 1.88 bits per heavy atom. The van der Waals surface area contributed by atoms with E-state index in [1.807, 2.05) is 53.9 Å². The van der Waals surface area contributed by atoms with Crippen LogP contribution in [0.3, 0.4) is 0 Å². The SMILES string of the molecule is O=C(NCCCC(=O)N(Cc1ccco1)c1ccccc1)c1cccs1. The summed E-state index contributed by atoms with van der Waals surface area (Å²) >= 11 is 1.40. The molecule has 2 aromatic heterocycles. The number of hydrogen-bond donors (Lipinski definition) is 1. The maximum atomic E-state index is 12.7. The van der Waals surface area contributed by atoms with E-state index >= 15 is 0 Å². The summed E-state index contributed by atoms with van der Waals surface area (Å²) in [4.78, 5) is 27.0. The molecule has 0 spiro atoms. The van der Waals surface area contributed by atoms with Crippen LogP contribution in [-0.2, 0) is 11.3 Å². The van der Waals surface area contributed by atoms with Crippen molar-refractivity contribution in [1.82, 2.24) is 5.32 Å². The van der Waals surface area contributed by atoms with Gasteiger partial charge in [0.05, 0.1) is 17.7 Å². The molecule has 0 saturated carbocycles. The molecule has 0 aliphatic rings. The molecule has 0 fully saturated rings. The second kappa shape index (κ2) is 9.01. The van der Waals surface area contributed by atoms with Gasteiger partial charge in [-0.1, -0.05) is 24.3 Å². The van der Waals surface area contributed by atoms with Crippen LogP contribution in [0, 0.1) is 0 Å². The highest BCUT2D eigenvalue weighted by Crippen LogP contribution is 2.18. The summed E-state index contributed by atoms with van der Waals surface area (Å²) in [6.45, 7) is 0.850. The Bertz CT molecular complexity index is 814. The predicted octanol–water partition coefficient (Wildman–Crippen LogP) is 4.08. The molecule has 2 heterocycles. The zero-order valence-electron chi connectivity index (χ0n) is 14.3. The van der Waals surface area contributed by atoms with Gasteiger partial charge in [-0.2, -0.15) is 0 Å². The molecule has 0 atom stereocenters. The summed E-state index contributed by atoms with van der Waals surface area (Å²) < 4.78 is 5.38. The third kappa shape index (κ3) is 4.83. The molecule has 3 aromatic rings. The van der Waals surface area contributed by atoms with E-state index in [0.717, 1.165) is 11.4 Å². The summed E-state index contributed by atoms with van der Waals surface area (Å²) in [7, 11) is 0. The van der Waals surface area contributed by atoms with Crippen LogP contribution >= 0.6 is 11.3 Å². The number of carbonyl (C=O) groups excluding carboxylic acids is 2. The highest BCUT2D eigenvalue weighted by molar-refractivity contribution is 7.12. The minimum absolute atomic E-state index is 0.00188. The summed E-state index contributed by atoms with van der Waals surface area (Å²) in [6, 6.07) is 16.8. The van der Waals surface area contributed by atoms with E-state index in [1.54, 1.807) is 17.2 Å². The molecule has 6 heteroatoms. The van der Waals surface area contributed by atoms with Crippen LogP contribution in [0.1, 0.15) is 28.3 Å². The lowest BCUT2D eigenvalue weighted by Gasteiger charge is -2.22. The first-order valence-electron chi connectivity index (χ1n) is 8.43. The Labute approximate surface area is 156 Å². The summed E-state index contributed by atoms with van der Waals surface area (Å²) in [6.07, 6.45) is 2.53. The number of nitrogens with zero attached hydrogens (tertiary/aromatic N) is 1. The highest BCUT2D eigenvalue weighted by Gasteiger charge is 2.17. The van der Waals surface area contributed by atoms with Crippen molar-refractivity contribution >= 4 is 28.8 Å². The molecule has 0 saturated heterocycles. The molecule has 26 heavy (non-hydrogen) atoms. The maximum Gasteiger partial charge on any atom is 0.261 e. The van der Waals surface area contributed by atoms with Crippen LogP contribution in [0.4, 0.5) is 5.69 Å². The van der Waals surface area contributed by atoms with Crippen molar-refractivity contribution < 1.29 is 14.0 Å². The quantitative estimate of drug-likeness (QED) is 0.609. The van der Waals surface area contributed by atoms with Gasteiger partial charge in [-0.05, 0) is 42.1 Å². The first-order valence-corrected chi connectivity index (χ1v) is 9.31. The van der Waals surface area contributed by atoms with E-state index in [9.17, 15) is 9.59 Å². The first-order chi connectivity index (χ1) is 12.7. The minimum atomic E-state index is -0.0945. The van der Waals surface area contributed by atoms with Crippen molar-refractivity contribution in [2.75, 3.05) is 11.4 Å². The van der Waals surface area contributed by atoms with Crippen molar-refractivity contribution in [3.63, 3.8) is 0 Å². The van der Waals surface area contributed by atoms with Crippen LogP contribution in [-0.4, -0.2) is 18.4 Å². The van der Waals surface area contributed by atoms with Gasteiger partial charge < -0.3 is 14.6 Å². The summed E-state index contributed by atoms with van der Waals surface area (Å²) in [5, 5.41) is 4.71. The molecule has 134 valence electrons. The molecule has 0 aliphatic heterocycles. The van der Waals surface area contributed by atoms with E-state index < -0.39 is 0 Å². The lowest BCUT2D eigenvalue weighted by atomic mass is 10.2. The Hall–Kier alpha value is -2.86. The zero-order valence-corrected chi connectivity index (χ0v) is 15.1. The molecule has 2 amide bonds. The van der Waals surface area contributed by atoms with Gasteiger partial charge in [-0.15, -0.1) is 11.3 Å². The van der Waals surface area contributed by atoms with Gasteiger partial charge in [0.1, 0.15) is 5.76 Å². The average molecular weight is 368 g/mol. The normalized spacial score (nSPS) is 10.5. The van der Waals surface area contributed by atoms with Crippen molar-refractivity contribution in [1.29, 1.82) is 0 Å². The average Bonchev–Trinajstić information content (AvgIpc) is 3.37. The fourth-order valence-electron chi connectivity index (χ4n) is 2.56. The van der Waals surface area contributed by atoms with Gasteiger partial charge in [0.15, 0.2) is 0 Å². The molecular weight excluding hydrogens is 348 g/mol. The molecule has 1 N–H and O–H groups in total. The molecular formula is C20H20N2O3S. The van der Waals surface area contributed by atoms with Crippen LogP contribution < -0.4 is 10.2 Å². The third-order valence-corrected chi connectivity index (χ3v) is 4.73. The van der Waals surface area contributed by atoms with Crippen LogP contribution in [0.25, 0.3) is 0 Å². The fourth-order valence-corrected chi connectivity index (χ4v) is 3.20. The van der Waals surface area contributed by atoms with Crippen molar-refractivity contribution in [3.05, 3.63) is 76.9 Å². The second-order valence-electron chi connectivity index (χ2n) is 5.73. The smallest absolute Gasteiger partial charge is 0.261 e. The van der Waals surface area contributed by atoms with E-state index in [-0.39, 0.29) is 11.8 Å². The van der Waals surface area contributed by atoms with Gasteiger partial charge in [-0.3, -0.25) is 9.59 Å². The lowest BCUT2D eigenvalue weighted by Crippen LogP contribution is -2.31. The largest absolute Gasteiger partial charge is 0.467 e. The summed E-state index contributed by atoms with van der Waals surface area (Å²) in [5.74, 6) is 0.633. The molecule has 3 rings (SSSR count). The van der Waals surface area contributed by atoms with E-state index in [4.69, 9.17) is 4.42 Å². The molecule has 1 aromatic carbocycles. The van der Waals surface area contributed by atoms with Gasteiger partial charge in [0, 0.05) is 18.7 Å². The predicted molar refractivity (Wildman–Crippen MR) is 102 cm³/mol. The molecule has 0 radical (unpaired) electrons. The number of hydrogen-bond acceptors (Lipinski definition) is 4. The van der Waals surface area contributed by atoms with Crippen LogP contribution in [0.15, 0.2) is 70.7 Å². The number of para-hydroxylation sites is 1. The van der Waals surface area contributed by atoms with E-state index in [0.29, 0.717) is 30.8 Å². The minimum Gasteiger partial charge on any atom is -0.467 e. The van der Waals surface area contributed by atoms with E-state index in [2.05, 4.69) is 5.32 Å². The van der Waals surface area contributed by atoms with Gasteiger partial charge >= 0.3 is 0 Å². The molecule has 5 nitrogen and oxygen atoms in total. The molecule has 0 unspecified atom stereocenters. The Kier molecular flexibility index (Phi) is 6.22. The first kappa shape index (κ1) is 17.9. The second-order valence-corrected chi connectivity index (χ2v) is 6.68. The van der Waals surface area contributed by atoms with Gasteiger partial charge in [-0.25, -0.2) is 0 Å². The zero-order chi connectivity index (χ0) is 18.2. The maximum absolute atomic E-state index is 12.7. The lowest BCUT2D eigenvalue weighted by molar-refractivity contribution is -0.118. The van der Waals surface area contributed by atoms with Crippen molar-refractivity contribution in [2.45, 2.75) is 19.4 Å². The topological polar surface area (TPSA) is 62.6 Å². The number of furan rings is 1. The third-order valence-electron chi connectivity index (χ3n) is 3.86.